The molecule has 3 aromatic carbocycles. The molecular weight excluding hydrogens is 434 g/mol. The average Bonchev–Trinajstić information content (AvgIpc) is 2.84. The SMILES string of the molecule is C[C@H](CC/C=C/C(=O)O)[C@@H](OC(=O)Nc1cccc2ccccc12)c1cccc(OCCO)c1. The van der Waals surface area contributed by atoms with E-state index in [2.05, 4.69) is 5.32 Å². The van der Waals surface area contributed by atoms with Gasteiger partial charge in [-0.05, 0) is 47.9 Å². The number of aliphatic carboxylic acids is 1. The third kappa shape index (κ3) is 7.08. The van der Waals surface area contributed by atoms with E-state index >= 15 is 0 Å². The standard InChI is InChI=1S/C27H29NO6/c1-19(8-2-5-15-25(30)31)26(21-11-6-12-22(18-21)33-17-16-29)34-27(32)28-24-14-7-10-20-9-3-4-13-23(20)24/h3-7,9-15,18-19,26,29H,2,8,16-17H2,1H3,(H,28,32)(H,30,31)/b15-5+/t19-,26-/m1/s1. The number of hydrogen-bond acceptors (Lipinski definition) is 5. The molecule has 0 bridgehead atoms. The van der Waals surface area contributed by atoms with Gasteiger partial charge in [-0.3, -0.25) is 5.32 Å². The van der Waals surface area contributed by atoms with Crippen molar-refractivity contribution in [3.8, 4) is 5.75 Å². The highest BCUT2D eigenvalue weighted by atomic mass is 16.6. The summed E-state index contributed by atoms with van der Waals surface area (Å²) in [4.78, 5) is 23.7. The molecule has 34 heavy (non-hydrogen) atoms. The zero-order chi connectivity index (χ0) is 24.3. The zero-order valence-corrected chi connectivity index (χ0v) is 19.0. The maximum atomic E-state index is 12.9. The predicted molar refractivity (Wildman–Crippen MR) is 131 cm³/mol. The minimum atomic E-state index is -0.997. The first-order valence-electron chi connectivity index (χ1n) is 11.2. The lowest BCUT2D eigenvalue weighted by atomic mass is 9.93. The lowest BCUT2D eigenvalue weighted by Gasteiger charge is -2.25. The van der Waals surface area contributed by atoms with Crippen molar-refractivity contribution in [2.75, 3.05) is 18.5 Å². The molecule has 0 unspecified atom stereocenters. The largest absolute Gasteiger partial charge is 0.491 e. The fourth-order valence-electron chi connectivity index (χ4n) is 3.74. The van der Waals surface area contributed by atoms with Crippen LogP contribution in [0.3, 0.4) is 0 Å². The van der Waals surface area contributed by atoms with Crippen LogP contribution < -0.4 is 10.1 Å². The van der Waals surface area contributed by atoms with E-state index in [1.54, 1.807) is 24.3 Å². The Bertz CT molecular complexity index is 1140. The first kappa shape index (κ1) is 24.8. The number of allylic oxidation sites excluding steroid dienone is 1. The number of carboxylic acids is 1. The molecule has 0 aliphatic rings. The van der Waals surface area contributed by atoms with E-state index in [1.165, 1.54) is 0 Å². The molecule has 3 N–H and O–H groups in total. The number of anilines is 1. The van der Waals surface area contributed by atoms with Gasteiger partial charge in [-0.15, -0.1) is 0 Å². The highest BCUT2D eigenvalue weighted by Crippen LogP contribution is 2.32. The lowest BCUT2D eigenvalue weighted by Crippen LogP contribution is -2.22. The van der Waals surface area contributed by atoms with Crippen LogP contribution in [0.25, 0.3) is 10.8 Å². The van der Waals surface area contributed by atoms with Crippen LogP contribution in [-0.4, -0.2) is 35.5 Å². The number of benzene rings is 3. The van der Waals surface area contributed by atoms with E-state index in [4.69, 9.17) is 19.7 Å². The molecule has 0 spiro atoms. The molecule has 0 heterocycles. The van der Waals surface area contributed by atoms with Crippen LogP contribution in [-0.2, 0) is 9.53 Å². The van der Waals surface area contributed by atoms with Gasteiger partial charge in [0.2, 0.25) is 0 Å². The fraction of sp³-hybridized carbons (Fsp3) is 0.259. The van der Waals surface area contributed by atoms with E-state index < -0.39 is 18.2 Å². The highest BCUT2D eigenvalue weighted by molar-refractivity contribution is 6.00. The number of amides is 1. The Morgan fingerprint density at radius 3 is 2.62 bits per heavy atom. The summed E-state index contributed by atoms with van der Waals surface area (Å²) in [6, 6.07) is 20.6. The number of nitrogens with one attached hydrogen (secondary N) is 1. The Balaban J connectivity index is 1.79. The molecule has 0 saturated heterocycles. The molecule has 0 aliphatic carbocycles. The lowest BCUT2D eigenvalue weighted by molar-refractivity contribution is -0.131. The highest BCUT2D eigenvalue weighted by Gasteiger charge is 2.24. The number of carbonyl (C=O) groups is 2. The average molecular weight is 464 g/mol. The molecule has 2 atom stereocenters. The van der Waals surface area contributed by atoms with E-state index in [-0.39, 0.29) is 19.1 Å². The zero-order valence-electron chi connectivity index (χ0n) is 19.0. The first-order valence-corrected chi connectivity index (χ1v) is 11.2. The van der Waals surface area contributed by atoms with Crippen molar-refractivity contribution in [2.24, 2.45) is 5.92 Å². The summed E-state index contributed by atoms with van der Waals surface area (Å²) < 4.78 is 11.4. The molecule has 0 saturated carbocycles. The Kier molecular flexibility index (Phi) is 9.05. The molecule has 1 amide bonds. The molecular formula is C27H29NO6. The van der Waals surface area contributed by atoms with Gasteiger partial charge in [-0.1, -0.05) is 61.5 Å². The predicted octanol–water partition coefficient (Wildman–Crippen LogP) is 5.56. The second-order valence-corrected chi connectivity index (χ2v) is 7.92. The first-order chi connectivity index (χ1) is 16.5. The molecule has 0 radical (unpaired) electrons. The van der Waals surface area contributed by atoms with Gasteiger partial charge in [0.15, 0.2) is 0 Å². The van der Waals surface area contributed by atoms with Gasteiger partial charge < -0.3 is 19.7 Å². The van der Waals surface area contributed by atoms with E-state index in [0.717, 1.165) is 22.4 Å². The molecule has 0 fully saturated rings. The minimum Gasteiger partial charge on any atom is -0.491 e. The smallest absolute Gasteiger partial charge is 0.412 e. The van der Waals surface area contributed by atoms with E-state index in [1.807, 2.05) is 55.5 Å². The van der Waals surface area contributed by atoms with Gasteiger partial charge in [0.05, 0.1) is 12.3 Å². The van der Waals surface area contributed by atoms with Crippen LogP contribution in [0.2, 0.25) is 0 Å². The Morgan fingerprint density at radius 2 is 1.82 bits per heavy atom. The van der Waals surface area contributed by atoms with Gasteiger partial charge in [-0.2, -0.15) is 0 Å². The minimum absolute atomic E-state index is 0.107. The number of hydrogen-bond donors (Lipinski definition) is 3. The van der Waals surface area contributed by atoms with E-state index in [0.29, 0.717) is 24.3 Å². The Morgan fingerprint density at radius 1 is 1.06 bits per heavy atom. The van der Waals surface area contributed by atoms with Gasteiger partial charge in [0.1, 0.15) is 18.5 Å². The van der Waals surface area contributed by atoms with Crippen molar-refractivity contribution in [3.63, 3.8) is 0 Å². The second kappa shape index (κ2) is 12.4. The summed E-state index contributed by atoms with van der Waals surface area (Å²) in [5.74, 6) is -0.541. The number of carbonyl (C=O) groups excluding carboxylic acids is 1. The maximum absolute atomic E-state index is 12.9. The van der Waals surface area contributed by atoms with Crippen molar-refractivity contribution in [1.29, 1.82) is 0 Å². The number of carboxylic acid groups (broad SMARTS) is 1. The summed E-state index contributed by atoms with van der Waals surface area (Å²) in [6.45, 7) is 2.00. The normalized spacial score (nSPS) is 12.9. The molecule has 3 aromatic rings. The van der Waals surface area contributed by atoms with Gasteiger partial charge in [0.25, 0.3) is 0 Å². The van der Waals surface area contributed by atoms with Crippen molar-refractivity contribution in [1.82, 2.24) is 0 Å². The molecule has 0 aliphatic heterocycles. The summed E-state index contributed by atoms with van der Waals surface area (Å²) in [5, 5.41) is 22.6. The monoisotopic (exact) mass is 463 g/mol. The summed E-state index contributed by atoms with van der Waals surface area (Å²) in [7, 11) is 0. The van der Waals surface area contributed by atoms with Crippen LogP contribution in [0, 0.1) is 5.92 Å². The number of aliphatic hydroxyl groups is 1. The summed E-state index contributed by atoms with van der Waals surface area (Å²) in [5.41, 5.74) is 1.40. The third-order valence-electron chi connectivity index (χ3n) is 5.37. The molecule has 178 valence electrons. The Labute approximate surface area is 198 Å². The van der Waals surface area contributed by atoms with Gasteiger partial charge >= 0.3 is 12.1 Å². The fourth-order valence-corrected chi connectivity index (χ4v) is 3.74. The summed E-state index contributed by atoms with van der Waals surface area (Å²) >= 11 is 0. The van der Waals surface area contributed by atoms with Crippen LogP contribution in [0.4, 0.5) is 10.5 Å². The third-order valence-corrected chi connectivity index (χ3v) is 5.37. The number of rotatable bonds is 11. The topological polar surface area (TPSA) is 105 Å². The molecule has 0 aromatic heterocycles. The van der Waals surface area contributed by atoms with Crippen molar-refractivity contribution in [2.45, 2.75) is 25.9 Å². The number of ether oxygens (including phenoxy) is 2. The van der Waals surface area contributed by atoms with Crippen molar-refractivity contribution >= 4 is 28.5 Å². The second-order valence-electron chi connectivity index (χ2n) is 7.92. The number of fused-ring (bicyclic) bond motifs is 1. The molecule has 3 rings (SSSR count). The number of aliphatic hydroxyl groups excluding tert-OH is 1. The Hall–Kier alpha value is -3.84. The van der Waals surface area contributed by atoms with Gasteiger partial charge in [0, 0.05) is 11.5 Å². The summed E-state index contributed by atoms with van der Waals surface area (Å²) in [6.07, 6.45) is 2.66. The van der Waals surface area contributed by atoms with Crippen LogP contribution >= 0.6 is 0 Å². The van der Waals surface area contributed by atoms with Crippen LogP contribution in [0.15, 0.2) is 78.9 Å². The van der Waals surface area contributed by atoms with E-state index in [9.17, 15) is 9.59 Å². The van der Waals surface area contributed by atoms with Crippen LogP contribution in [0.1, 0.15) is 31.4 Å². The van der Waals surface area contributed by atoms with Crippen LogP contribution in [0.5, 0.6) is 5.75 Å². The van der Waals surface area contributed by atoms with Crippen molar-refractivity contribution < 1.29 is 29.3 Å². The maximum Gasteiger partial charge on any atom is 0.412 e. The van der Waals surface area contributed by atoms with Crippen molar-refractivity contribution in [3.05, 3.63) is 84.4 Å². The molecule has 7 nitrogen and oxygen atoms in total. The molecule has 7 heteroatoms. The quantitative estimate of drug-likeness (QED) is 0.322. The van der Waals surface area contributed by atoms with Gasteiger partial charge in [-0.25, -0.2) is 9.59 Å².